The van der Waals surface area contributed by atoms with E-state index in [9.17, 15) is 38.4 Å². The number of nitrogens with two attached hydrogens (primary N) is 1. The molecule has 20 heteroatoms. The summed E-state index contributed by atoms with van der Waals surface area (Å²) in [5.41, 5.74) is 19.0. The fourth-order valence-electron chi connectivity index (χ4n) is 8.98. The number of carbonyl (C=O) groups excluding carboxylic acids is 8. The van der Waals surface area contributed by atoms with Crippen LogP contribution in [0.25, 0.3) is 10.4 Å². The molecule has 8 amide bonds. The molecule has 0 aliphatic rings. The van der Waals surface area contributed by atoms with E-state index >= 15 is 0 Å². The summed E-state index contributed by atoms with van der Waals surface area (Å²) < 4.78 is 0. The van der Waals surface area contributed by atoms with Gasteiger partial charge in [0.05, 0.1) is 26.2 Å². The highest BCUT2D eigenvalue weighted by Gasteiger charge is 2.31. The third-order valence-electron chi connectivity index (χ3n) is 13.3. The smallest absolute Gasteiger partial charge is 0.243 e. The Morgan fingerprint density at radius 2 is 0.702 bits per heavy atom. The minimum absolute atomic E-state index is 0.00450. The van der Waals surface area contributed by atoms with Gasteiger partial charge < -0.3 is 45.3 Å². The molecular weight excluding hydrogens is 1060 g/mol. The molecule has 3 N–H and O–H groups in total. The lowest BCUT2D eigenvalue weighted by Crippen LogP contribution is -2.52. The van der Waals surface area contributed by atoms with Gasteiger partial charge in [-0.3, -0.25) is 38.4 Å². The van der Waals surface area contributed by atoms with Gasteiger partial charge in [-0.05, 0) is 45.3 Å². The second-order valence-corrected chi connectivity index (χ2v) is 19.8. The van der Waals surface area contributed by atoms with Crippen LogP contribution in [0.3, 0.4) is 0 Å². The second kappa shape index (κ2) is 34.3. The van der Waals surface area contributed by atoms with Crippen LogP contribution in [0.5, 0.6) is 0 Å². The van der Waals surface area contributed by atoms with Crippen LogP contribution in [0.2, 0.25) is 0 Å². The van der Waals surface area contributed by atoms with Gasteiger partial charge in [-0.15, -0.1) is 6.42 Å². The molecule has 0 atom stereocenters. The van der Waals surface area contributed by atoms with Crippen LogP contribution in [-0.4, -0.2) is 154 Å². The van der Waals surface area contributed by atoms with Crippen molar-refractivity contribution in [1.82, 2.24) is 39.6 Å². The lowest BCUT2D eigenvalue weighted by Gasteiger charge is -2.32. The number of amides is 8. The first-order valence-electron chi connectivity index (χ1n) is 27.4. The molecule has 0 aliphatic heterocycles. The molecule has 0 unspecified atom stereocenters. The maximum atomic E-state index is 14.9. The molecule has 0 heterocycles. The molecule has 84 heavy (non-hydrogen) atoms. The van der Waals surface area contributed by atoms with Crippen molar-refractivity contribution < 1.29 is 38.4 Å². The Labute approximate surface area is 490 Å². The van der Waals surface area contributed by atoms with Crippen molar-refractivity contribution in [2.24, 2.45) is 10.8 Å². The molecule has 0 aliphatic carbocycles. The zero-order valence-electron chi connectivity index (χ0n) is 46.9. The van der Waals surface area contributed by atoms with Gasteiger partial charge in [0.2, 0.25) is 47.3 Å². The van der Waals surface area contributed by atoms with E-state index in [1.807, 2.05) is 66.7 Å². The molecular formula is C64H70N12O8. The summed E-state index contributed by atoms with van der Waals surface area (Å²) >= 11 is 0. The first kappa shape index (κ1) is 63.1. The summed E-state index contributed by atoms with van der Waals surface area (Å²) in [6.45, 7) is -3.73. The number of nitrogens with one attached hydrogen (secondary N) is 1. The highest BCUT2D eigenvalue weighted by Crippen LogP contribution is 2.15. The van der Waals surface area contributed by atoms with Gasteiger partial charge >= 0.3 is 0 Å². The Hall–Kier alpha value is -10.1. The van der Waals surface area contributed by atoms with Crippen LogP contribution in [0.1, 0.15) is 39.8 Å². The summed E-state index contributed by atoms with van der Waals surface area (Å²) in [7, 11) is 0. The van der Waals surface area contributed by atoms with Gasteiger partial charge in [0.25, 0.3) is 0 Å². The maximum Gasteiger partial charge on any atom is 0.243 e. The van der Waals surface area contributed by atoms with Gasteiger partial charge in [-0.2, -0.15) is 0 Å². The van der Waals surface area contributed by atoms with Crippen molar-refractivity contribution in [1.29, 1.82) is 0 Å². The number of hydrogen-bond donors (Lipinski definition) is 2. The number of benzene rings is 6. The number of primary amides is 1. The largest absolute Gasteiger partial charge is 0.368 e. The van der Waals surface area contributed by atoms with Crippen LogP contribution in [-0.2, 0) is 77.6 Å². The Morgan fingerprint density at radius 1 is 0.417 bits per heavy atom. The number of hydrogen-bond acceptors (Lipinski definition) is 10. The molecule has 0 saturated heterocycles. The zero-order valence-corrected chi connectivity index (χ0v) is 46.9. The topological polar surface area (TPSA) is 246 Å². The van der Waals surface area contributed by atoms with Crippen LogP contribution in [0, 0.1) is 12.3 Å². The van der Waals surface area contributed by atoms with Gasteiger partial charge in [0, 0.05) is 57.3 Å². The second-order valence-electron chi connectivity index (χ2n) is 19.8. The fourth-order valence-corrected chi connectivity index (χ4v) is 8.98. The molecule has 0 saturated carbocycles. The third kappa shape index (κ3) is 21.8. The highest BCUT2D eigenvalue weighted by molar-refractivity contribution is 5.93. The minimum atomic E-state index is -0.767. The van der Waals surface area contributed by atoms with E-state index in [1.165, 1.54) is 29.4 Å². The van der Waals surface area contributed by atoms with E-state index in [0.717, 1.165) is 16.0 Å². The van der Waals surface area contributed by atoms with E-state index in [1.54, 1.807) is 115 Å². The van der Waals surface area contributed by atoms with E-state index in [4.69, 9.17) is 17.7 Å². The van der Waals surface area contributed by atoms with E-state index in [-0.39, 0.29) is 77.8 Å². The zero-order chi connectivity index (χ0) is 59.9. The summed E-state index contributed by atoms with van der Waals surface area (Å²) in [6, 6.07) is 54.5. The number of azide groups is 1. The van der Waals surface area contributed by atoms with Gasteiger partial charge in [0.1, 0.15) is 32.7 Å². The molecule has 0 aromatic heterocycles. The van der Waals surface area contributed by atoms with Gasteiger partial charge in [-0.1, -0.05) is 193 Å². The molecule has 434 valence electrons. The number of nitrogens with zero attached hydrogens (tertiary/aromatic N) is 10. The predicted octanol–water partition coefficient (Wildman–Crippen LogP) is 5.40. The van der Waals surface area contributed by atoms with E-state index in [2.05, 4.69) is 21.3 Å². The van der Waals surface area contributed by atoms with Crippen molar-refractivity contribution in [3.8, 4) is 12.3 Å². The summed E-state index contributed by atoms with van der Waals surface area (Å²) in [4.78, 5) is 125. The third-order valence-corrected chi connectivity index (χ3v) is 13.3. The van der Waals surface area contributed by atoms with Crippen LogP contribution < -0.4 is 11.1 Å². The van der Waals surface area contributed by atoms with Crippen molar-refractivity contribution in [3.63, 3.8) is 0 Å². The Bertz CT molecular complexity index is 3190. The Kier molecular flexibility index (Phi) is 25.7. The fraction of sp³-hybridized carbons (Fsp3) is 0.281. The first-order chi connectivity index (χ1) is 40.8. The lowest BCUT2D eigenvalue weighted by atomic mass is 10.2. The quantitative estimate of drug-likeness (QED) is 0.0176. The van der Waals surface area contributed by atoms with Gasteiger partial charge in [0.15, 0.2) is 0 Å². The summed E-state index contributed by atoms with van der Waals surface area (Å²) in [5.74, 6) is -2.44. The summed E-state index contributed by atoms with van der Waals surface area (Å²) in [5, 5.41) is 6.76. The Balaban J connectivity index is 1.24. The predicted molar refractivity (Wildman–Crippen MR) is 317 cm³/mol. The molecule has 0 radical (unpaired) electrons. The summed E-state index contributed by atoms with van der Waals surface area (Å²) in [6.07, 6.45) is 6.02. The van der Waals surface area contributed by atoms with Crippen LogP contribution in [0.15, 0.2) is 187 Å². The van der Waals surface area contributed by atoms with Crippen molar-refractivity contribution >= 4 is 47.3 Å². The molecule has 20 nitrogen and oxygen atoms in total. The van der Waals surface area contributed by atoms with E-state index in [0.29, 0.717) is 28.8 Å². The molecule has 0 spiro atoms. The van der Waals surface area contributed by atoms with Crippen LogP contribution in [0.4, 0.5) is 0 Å². The van der Waals surface area contributed by atoms with Crippen molar-refractivity contribution in [2.45, 2.75) is 45.7 Å². The molecule has 0 bridgehead atoms. The standard InChI is InChI=1S/C64H70N12O8/c1-2-35-70(59(79)47-74(41-54-28-15-6-16-29-54)63(83)49-73(40-53-26-13-5-14-27-53)58(78)38-67-37-51-22-9-3-10-23-51)45-62(82)76(43-56-32-19-8-20-33-56)50-64(84)75(42-55-30-17-7-18-31-55)48-60(80)71(36-21-34-68-69-66)46-61(81)72(44-57(65)77)39-52-24-11-4-12-25-52/h1,3-20,22-33,67H,21,34-50H2,(H2,65,77). The average Bonchev–Trinajstić information content (AvgIpc) is 3.58. The van der Waals surface area contributed by atoms with Gasteiger partial charge in [-0.25, -0.2) is 0 Å². The molecule has 0 fully saturated rings. The normalized spacial score (nSPS) is 10.5. The molecule has 6 rings (SSSR count). The monoisotopic (exact) mass is 1130 g/mol. The Morgan fingerprint density at radius 3 is 1.04 bits per heavy atom. The first-order valence-corrected chi connectivity index (χ1v) is 27.4. The SMILES string of the molecule is C#CCN(CC(=O)N(CC(=O)N(CC(=O)N(CCCN=[N+]=[N-])CC(=O)N(CC(N)=O)Cc1ccccc1)Cc1ccccc1)Cc1ccccc1)C(=O)CN(Cc1ccccc1)C(=O)CN(Cc1ccccc1)C(=O)CNCc1ccccc1. The number of terminal acetylenes is 1. The minimum Gasteiger partial charge on any atom is -0.368 e. The lowest BCUT2D eigenvalue weighted by molar-refractivity contribution is -0.149. The average molecular weight is 1140 g/mol. The van der Waals surface area contributed by atoms with Crippen LogP contribution >= 0.6 is 0 Å². The number of carbonyl (C=O) groups is 8. The van der Waals surface area contributed by atoms with Crippen molar-refractivity contribution in [3.05, 3.63) is 226 Å². The molecule has 6 aromatic carbocycles. The molecule has 6 aromatic rings. The maximum absolute atomic E-state index is 14.9. The highest BCUT2D eigenvalue weighted by atomic mass is 16.2. The van der Waals surface area contributed by atoms with Crippen molar-refractivity contribution in [2.75, 3.05) is 72.0 Å². The van der Waals surface area contributed by atoms with E-state index < -0.39 is 80.6 Å². The number of rotatable bonds is 33.